The quantitative estimate of drug-likeness (QED) is 0.646. The molecule has 0 saturated carbocycles. The Hall–Kier alpha value is -2.02. The molecule has 0 aliphatic carbocycles. The van der Waals surface area contributed by atoms with E-state index in [-0.39, 0.29) is 17.7 Å². The predicted octanol–water partition coefficient (Wildman–Crippen LogP) is 6.14. The molecule has 2 atom stereocenters. The zero-order chi connectivity index (χ0) is 18.8. The maximum atomic E-state index is 12.9. The van der Waals surface area contributed by atoms with Crippen molar-refractivity contribution in [2.24, 2.45) is 0 Å². The highest BCUT2D eigenvalue weighted by molar-refractivity contribution is 5.35. The number of benzene rings is 2. The number of alkyl halides is 6. The van der Waals surface area contributed by atoms with Gasteiger partial charge in [-0.1, -0.05) is 30.3 Å². The van der Waals surface area contributed by atoms with Gasteiger partial charge in [-0.05, 0) is 43.2 Å². The fourth-order valence-corrected chi connectivity index (χ4v) is 2.54. The average molecular weight is 361 g/mol. The first-order valence-corrected chi connectivity index (χ1v) is 7.59. The van der Waals surface area contributed by atoms with E-state index in [2.05, 4.69) is 5.32 Å². The molecule has 2 aromatic carbocycles. The minimum absolute atomic E-state index is 0.0649. The summed E-state index contributed by atoms with van der Waals surface area (Å²) in [5, 5.41) is 3.04. The Morgan fingerprint density at radius 1 is 0.680 bits per heavy atom. The number of hydrogen-bond donors (Lipinski definition) is 1. The van der Waals surface area contributed by atoms with Gasteiger partial charge in [0.1, 0.15) is 0 Å². The Morgan fingerprint density at radius 3 is 1.56 bits per heavy atom. The molecule has 0 bridgehead atoms. The molecule has 0 aliphatic rings. The third-order valence-electron chi connectivity index (χ3n) is 3.91. The molecule has 136 valence electrons. The standard InChI is InChI=1S/C18H17F6N/c1-11(13-6-4-3-5-7-13)25-12(2)14-8-15(17(19,20)21)10-16(9-14)18(22,23)24/h3-12,25H,1-2H3/t11-,12?/m1/s1. The molecule has 0 fully saturated rings. The Morgan fingerprint density at radius 2 is 1.12 bits per heavy atom. The molecule has 0 spiro atoms. The molecule has 0 radical (unpaired) electrons. The highest BCUT2D eigenvalue weighted by Gasteiger charge is 2.37. The molecular weight excluding hydrogens is 344 g/mol. The Kier molecular flexibility index (Phi) is 5.46. The molecule has 1 nitrogen and oxygen atoms in total. The van der Waals surface area contributed by atoms with E-state index >= 15 is 0 Å². The highest BCUT2D eigenvalue weighted by atomic mass is 19.4. The lowest BCUT2D eigenvalue weighted by atomic mass is 9.99. The van der Waals surface area contributed by atoms with E-state index in [1.54, 1.807) is 6.92 Å². The minimum atomic E-state index is -4.85. The molecule has 7 heteroatoms. The maximum Gasteiger partial charge on any atom is 0.416 e. The van der Waals surface area contributed by atoms with Crippen LogP contribution < -0.4 is 5.32 Å². The van der Waals surface area contributed by atoms with Gasteiger partial charge in [-0.3, -0.25) is 0 Å². The van der Waals surface area contributed by atoms with Gasteiger partial charge in [-0.25, -0.2) is 0 Å². The lowest BCUT2D eigenvalue weighted by Crippen LogP contribution is -2.23. The van der Waals surface area contributed by atoms with Crippen LogP contribution in [-0.4, -0.2) is 0 Å². The van der Waals surface area contributed by atoms with Crippen molar-refractivity contribution in [1.82, 2.24) is 5.32 Å². The van der Waals surface area contributed by atoms with Gasteiger partial charge in [0.2, 0.25) is 0 Å². The fraction of sp³-hybridized carbons (Fsp3) is 0.333. The van der Waals surface area contributed by atoms with Crippen LogP contribution in [0.25, 0.3) is 0 Å². The second kappa shape index (κ2) is 7.07. The summed E-state index contributed by atoms with van der Waals surface area (Å²) in [6.45, 7) is 3.33. The molecule has 0 aromatic heterocycles. The van der Waals surface area contributed by atoms with Crippen molar-refractivity contribution in [2.45, 2.75) is 38.3 Å². The van der Waals surface area contributed by atoms with Gasteiger partial charge >= 0.3 is 12.4 Å². The summed E-state index contributed by atoms with van der Waals surface area (Å²) in [5.74, 6) is 0. The monoisotopic (exact) mass is 361 g/mol. The Balaban J connectivity index is 2.33. The summed E-state index contributed by atoms with van der Waals surface area (Å²) in [6, 6.07) is 9.82. The summed E-state index contributed by atoms with van der Waals surface area (Å²) in [5.41, 5.74) is -1.79. The molecule has 2 aromatic rings. The van der Waals surface area contributed by atoms with Gasteiger partial charge in [0, 0.05) is 12.1 Å². The number of nitrogens with one attached hydrogen (secondary N) is 1. The van der Waals surface area contributed by atoms with Crippen LogP contribution in [0.2, 0.25) is 0 Å². The van der Waals surface area contributed by atoms with Crippen LogP contribution in [0.4, 0.5) is 26.3 Å². The number of rotatable bonds is 4. The zero-order valence-electron chi connectivity index (χ0n) is 13.5. The van der Waals surface area contributed by atoms with Crippen molar-refractivity contribution in [1.29, 1.82) is 0 Å². The lowest BCUT2D eigenvalue weighted by Gasteiger charge is -2.23. The number of hydrogen-bond acceptors (Lipinski definition) is 1. The second-order valence-corrected chi connectivity index (χ2v) is 5.86. The predicted molar refractivity (Wildman–Crippen MR) is 82.9 cm³/mol. The summed E-state index contributed by atoms with van der Waals surface area (Å²) < 4.78 is 77.6. The van der Waals surface area contributed by atoms with E-state index < -0.39 is 29.5 Å². The summed E-state index contributed by atoms with van der Waals surface area (Å²) in [7, 11) is 0. The SMILES string of the molecule is CC(N[C@H](C)c1ccccc1)c1cc(C(F)(F)F)cc(C(F)(F)F)c1. The second-order valence-electron chi connectivity index (χ2n) is 5.86. The van der Waals surface area contributed by atoms with E-state index in [1.807, 2.05) is 30.3 Å². The van der Waals surface area contributed by atoms with Crippen LogP contribution >= 0.6 is 0 Å². The van der Waals surface area contributed by atoms with Crippen molar-refractivity contribution in [3.05, 3.63) is 70.8 Å². The normalized spacial score (nSPS) is 15.0. The molecule has 25 heavy (non-hydrogen) atoms. The molecular formula is C18H17F6N. The third-order valence-corrected chi connectivity index (χ3v) is 3.91. The molecule has 1 N–H and O–H groups in total. The molecule has 1 unspecified atom stereocenters. The van der Waals surface area contributed by atoms with Gasteiger partial charge in [0.15, 0.2) is 0 Å². The smallest absolute Gasteiger partial charge is 0.304 e. The largest absolute Gasteiger partial charge is 0.416 e. The first kappa shape index (κ1) is 19.3. The van der Waals surface area contributed by atoms with Gasteiger partial charge in [0.05, 0.1) is 11.1 Å². The molecule has 0 amide bonds. The van der Waals surface area contributed by atoms with Gasteiger partial charge in [-0.15, -0.1) is 0 Å². The Bertz CT molecular complexity index is 673. The third kappa shape index (κ3) is 4.98. The van der Waals surface area contributed by atoms with Gasteiger partial charge < -0.3 is 5.32 Å². The van der Waals surface area contributed by atoms with Crippen LogP contribution in [0.3, 0.4) is 0 Å². The van der Waals surface area contributed by atoms with Crippen LogP contribution in [0.5, 0.6) is 0 Å². The van der Waals surface area contributed by atoms with Crippen molar-refractivity contribution < 1.29 is 26.3 Å². The van der Waals surface area contributed by atoms with Crippen LogP contribution in [0, 0.1) is 0 Å². The molecule has 0 heterocycles. The van der Waals surface area contributed by atoms with E-state index in [0.29, 0.717) is 0 Å². The van der Waals surface area contributed by atoms with Crippen molar-refractivity contribution in [3.63, 3.8) is 0 Å². The summed E-state index contributed by atoms with van der Waals surface area (Å²) >= 11 is 0. The first-order chi connectivity index (χ1) is 11.5. The molecule has 2 rings (SSSR count). The first-order valence-electron chi connectivity index (χ1n) is 7.59. The fourth-order valence-electron chi connectivity index (χ4n) is 2.54. The van der Waals surface area contributed by atoms with E-state index in [0.717, 1.165) is 17.7 Å². The van der Waals surface area contributed by atoms with E-state index in [9.17, 15) is 26.3 Å². The van der Waals surface area contributed by atoms with E-state index in [4.69, 9.17) is 0 Å². The minimum Gasteiger partial charge on any atom is -0.304 e. The Labute approximate surface area is 141 Å². The van der Waals surface area contributed by atoms with E-state index in [1.165, 1.54) is 6.92 Å². The topological polar surface area (TPSA) is 12.0 Å². The summed E-state index contributed by atoms with van der Waals surface area (Å²) in [6.07, 6.45) is -9.69. The lowest BCUT2D eigenvalue weighted by molar-refractivity contribution is -0.143. The van der Waals surface area contributed by atoms with Gasteiger partial charge in [-0.2, -0.15) is 26.3 Å². The molecule has 0 saturated heterocycles. The van der Waals surface area contributed by atoms with Crippen LogP contribution in [0.15, 0.2) is 48.5 Å². The van der Waals surface area contributed by atoms with Crippen molar-refractivity contribution >= 4 is 0 Å². The molecule has 0 aliphatic heterocycles. The summed E-state index contributed by atoms with van der Waals surface area (Å²) in [4.78, 5) is 0. The zero-order valence-corrected chi connectivity index (χ0v) is 13.5. The van der Waals surface area contributed by atoms with Gasteiger partial charge in [0.25, 0.3) is 0 Å². The average Bonchev–Trinajstić information content (AvgIpc) is 2.53. The number of halogens is 6. The highest BCUT2D eigenvalue weighted by Crippen LogP contribution is 2.37. The maximum absolute atomic E-state index is 12.9. The van der Waals surface area contributed by atoms with Crippen LogP contribution in [0.1, 0.15) is 48.2 Å². The van der Waals surface area contributed by atoms with Crippen molar-refractivity contribution in [2.75, 3.05) is 0 Å². The van der Waals surface area contributed by atoms with Crippen molar-refractivity contribution in [3.8, 4) is 0 Å². The van der Waals surface area contributed by atoms with Crippen LogP contribution in [-0.2, 0) is 12.4 Å².